The van der Waals surface area contributed by atoms with E-state index in [4.69, 9.17) is 21.7 Å². The van der Waals surface area contributed by atoms with Crippen LogP contribution in [0.5, 0.6) is 11.5 Å². The molecule has 2 aromatic rings. The van der Waals surface area contributed by atoms with Crippen molar-refractivity contribution in [2.45, 2.75) is 0 Å². The molecule has 0 bridgehead atoms. The molecular formula is C12H16Cl2N2O2. The number of hydrogen-bond acceptors (Lipinski definition) is 4. The molecule has 0 aromatic heterocycles. The molecule has 0 heterocycles. The van der Waals surface area contributed by atoms with Crippen LogP contribution in [0.15, 0.2) is 48.5 Å². The maximum Gasteiger partial charge on any atom is 0.138 e. The third-order valence-corrected chi connectivity index (χ3v) is 1.81. The van der Waals surface area contributed by atoms with Crippen molar-refractivity contribution in [2.75, 3.05) is 11.5 Å². The molecule has 0 saturated heterocycles. The highest BCUT2D eigenvalue weighted by Crippen LogP contribution is 2.20. The summed E-state index contributed by atoms with van der Waals surface area (Å²) < 4.78 is 0. The van der Waals surface area contributed by atoms with Gasteiger partial charge in [0.1, 0.15) is 11.5 Å². The fourth-order valence-electron chi connectivity index (χ4n) is 1.00. The number of nitrogens with two attached hydrogens (primary N) is 2. The van der Waals surface area contributed by atoms with E-state index in [1.165, 1.54) is 12.1 Å². The van der Waals surface area contributed by atoms with Crippen molar-refractivity contribution in [3.63, 3.8) is 0 Å². The molecule has 100 valence electrons. The number of phenols is 2. The summed E-state index contributed by atoms with van der Waals surface area (Å²) in [5, 5.41) is 17.5. The molecule has 2 rings (SSSR count). The SMILES string of the molecule is Cl.Cl.Nc1ccc(O)c(N)c1.Oc1ccccc1. The minimum Gasteiger partial charge on any atom is -0.508 e. The lowest BCUT2D eigenvalue weighted by atomic mass is 10.3. The zero-order chi connectivity index (χ0) is 12.0. The number of nitrogen functional groups attached to an aromatic ring is 2. The van der Waals surface area contributed by atoms with Crippen LogP contribution in [0, 0.1) is 0 Å². The number of anilines is 2. The van der Waals surface area contributed by atoms with Crippen LogP contribution in [0.1, 0.15) is 0 Å². The summed E-state index contributed by atoms with van der Waals surface area (Å²) in [5.74, 6) is 0.395. The fourth-order valence-corrected chi connectivity index (χ4v) is 1.00. The van der Waals surface area contributed by atoms with Gasteiger partial charge in [0.05, 0.1) is 5.69 Å². The normalized spacial score (nSPS) is 8.00. The smallest absolute Gasteiger partial charge is 0.138 e. The summed E-state index contributed by atoms with van der Waals surface area (Å²) >= 11 is 0. The van der Waals surface area contributed by atoms with Gasteiger partial charge in [0.15, 0.2) is 0 Å². The second-order valence-corrected chi connectivity index (χ2v) is 3.15. The van der Waals surface area contributed by atoms with Gasteiger partial charge in [-0.2, -0.15) is 0 Å². The molecule has 0 radical (unpaired) electrons. The Morgan fingerprint density at radius 1 is 0.778 bits per heavy atom. The topological polar surface area (TPSA) is 92.5 Å². The predicted molar refractivity (Wildman–Crippen MR) is 79.5 cm³/mol. The van der Waals surface area contributed by atoms with Gasteiger partial charge in [-0.1, -0.05) is 18.2 Å². The minimum absolute atomic E-state index is 0. The van der Waals surface area contributed by atoms with Gasteiger partial charge in [0.2, 0.25) is 0 Å². The van der Waals surface area contributed by atoms with Gasteiger partial charge in [-0.15, -0.1) is 24.8 Å². The molecule has 2 aromatic carbocycles. The van der Waals surface area contributed by atoms with Crippen LogP contribution in [0.3, 0.4) is 0 Å². The zero-order valence-corrected chi connectivity index (χ0v) is 11.1. The summed E-state index contributed by atoms with van der Waals surface area (Å²) in [5.41, 5.74) is 11.5. The van der Waals surface area contributed by atoms with Crippen molar-refractivity contribution in [2.24, 2.45) is 0 Å². The van der Waals surface area contributed by atoms with E-state index < -0.39 is 0 Å². The van der Waals surface area contributed by atoms with Crippen LogP contribution >= 0.6 is 24.8 Å². The summed E-state index contributed by atoms with van der Waals surface area (Å²) in [6, 6.07) is 13.3. The Kier molecular flexibility index (Phi) is 9.57. The Hall–Kier alpha value is -1.78. The first-order valence-electron chi connectivity index (χ1n) is 4.67. The molecule has 0 spiro atoms. The van der Waals surface area contributed by atoms with Crippen molar-refractivity contribution < 1.29 is 10.2 Å². The highest BCUT2D eigenvalue weighted by molar-refractivity contribution is 5.85. The van der Waals surface area contributed by atoms with E-state index in [9.17, 15) is 0 Å². The molecule has 0 aliphatic rings. The Morgan fingerprint density at radius 2 is 1.33 bits per heavy atom. The molecule has 0 saturated carbocycles. The Balaban J connectivity index is 0. The maximum absolute atomic E-state index is 8.86. The second kappa shape index (κ2) is 9.27. The number of aromatic hydroxyl groups is 2. The molecule has 0 atom stereocenters. The molecule has 4 nitrogen and oxygen atoms in total. The summed E-state index contributed by atoms with van der Waals surface area (Å²) in [7, 11) is 0. The molecule has 0 unspecified atom stereocenters. The van der Waals surface area contributed by atoms with E-state index in [-0.39, 0.29) is 30.6 Å². The lowest BCUT2D eigenvalue weighted by Gasteiger charge is -1.97. The number of halogens is 2. The van der Waals surface area contributed by atoms with E-state index in [1.54, 1.807) is 30.3 Å². The Labute approximate surface area is 118 Å². The number of para-hydroxylation sites is 1. The van der Waals surface area contributed by atoms with Crippen LogP contribution in [-0.2, 0) is 0 Å². The van der Waals surface area contributed by atoms with E-state index >= 15 is 0 Å². The van der Waals surface area contributed by atoms with Gasteiger partial charge in [-0.05, 0) is 30.3 Å². The molecule has 18 heavy (non-hydrogen) atoms. The van der Waals surface area contributed by atoms with E-state index in [0.717, 1.165) is 0 Å². The fraction of sp³-hybridized carbons (Fsp3) is 0. The third-order valence-electron chi connectivity index (χ3n) is 1.81. The van der Waals surface area contributed by atoms with Gasteiger partial charge in [-0.3, -0.25) is 0 Å². The average molecular weight is 291 g/mol. The number of benzene rings is 2. The van der Waals surface area contributed by atoms with Crippen molar-refractivity contribution in [3.8, 4) is 11.5 Å². The van der Waals surface area contributed by atoms with Crippen LogP contribution in [-0.4, -0.2) is 10.2 Å². The van der Waals surface area contributed by atoms with Crippen LogP contribution in [0.25, 0.3) is 0 Å². The van der Waals surface area contributed by atoms with Gasteiger partial charge < -0.3 is 21.7 Å². The van der Waals surface area contributed by atoms with Crippen molar-refractivity contribution in [1.82, 2.24) is 0 Å². The van der Waals surface area contributed by atoms with Crippen molar-refractivity contribution >= 4 is 36.2 Å². The first-order chi connectivity index (χ1) is 7.59. The van der Waals surface area contributed by atoms with Crippen molar-refractivity contribution in [3.05, 3.63) is 48.5 Å². The van der Waals surface area contributed by atoms with Crippen molar-refractivity contribution in [1.29, 1.82) is 0 Å². The molecule has 0 aliphatic carbocycles. The summed E-state index contributed by atoms with van der Waals surface area (Å²) in [6.45, 7) is 0. The largest absolute Gasteiger partial charge is 0.508 e. The first kappa shape index (κ1) is 18.6. The van der Waals surface area contributed by atoms with Crippen LogP contribution < -0.4 is 11.5 Å². The highest BCUT2D eigenvalue weighted by atomic mass is 35.5. The summed E-state index contributed by atoms with van der Waals surface area (Å²) in [4.78, 5) is 0. The molecular weight excluding hydrogens is 275 g/mol. The lowest BCUT2D eigenvalue weighted by Crippen LogP contribution is -1.88. The number of phenolic OH excluding ortho intramolecular Hbond substituents is 2. The third kappa shape index (κ3) is 6.73. The first-order valence-corrected chi connectivity index (χ1v) is 4.67. The zero-order valence-electron chi connectivity index (χ0n) is 9.48. The Morgan fingerprint density at radius 3 is 1.67 bits per heavy atom. The molecule has 0 aliphatic heterocycles. The van der Waals surface area contributed by atoms with Crippen LogP contribution in [0.2, 0.25) is 0 Å². The quantitative estimate of drug-likeness (QED) is 0.341. The number of hydrogen-bond donors (Lipinski definition) is 4. The number of rotatable bonds is 0. The van der Waals surface area contributed by atoms with Gasteiger partial charge >= 0.3 is 0 Å². The lowest BCUT2D eigenvalue weighted by molar-refractivity contribution is 0.475. The molecule has 6 heteroatoms. The molecule has 6 N–H and O–H groups in total. The standard InChI is InChI=1S/C6H8N2O.C6H6O.2ClH/c7-4-1-2-6(9)5(8)3-4;7-6-4-2-1-3-5-6;;/h1-3,9H,7-8H2;1-5,7H;2*1H. The maximum atomic E-state index is 8.86. The molecule has 0 amide bonds. The van der Waals surface area contributed by atoms with E-state index in [2.05, 4.69) is 0 Å². The summed E-state index contributed by atoms with van der Waals surface area (Å²) in [6.07, 6.45) is 0. The van der Waals surface area contributed by atoms with E-state index in [1.807, 2.05) is 6.07 Å². The van der Waals surface area contributed by atoms with Gasteiger partial charge in [-0.25, -0.2) is 0 Å². The second-order valence-electron chi connectivity index (χ2n) is 3.15. The average Bonchev–Trinajstić information content (AvgIpc) is 2.26. The molecule has 0 fully saturated rings. The van der Waals surface area contributed by atoms with Gasteiger partial charge in [0.25, 0.3) is 0 Å². The monoisotopic (exact) mass is 290 g/mol. The van der Waals surface area contributed by atoms with Gasteiger partial charge in [0, 0.05) is 5.69 Å². The highest BCUT2D eigenvalue weighted by Gasteiger charge is 1.93. The van der Waals surface area contributed by atoms with Crippen LogP contribution in [0.4, 0.5) is 11.4 Å². The minimum atomic E-state index is 0. The predicted octanol–water partition coefficient (Wildman–Crippen LogP) is 2.79. The Bertz CT molecular complexity index is 453. The van der Waals surface area contributed by atoms with E-state index in [0.29, 0.717) is 17.1 Å².